The van der Waals surface area contributed by atoms with Gasteiger partial charge in [0.05, 0.1) is 11.5 Å². The second-order valence-electron chi connectivity index (χ2n) is 8.35. The molecule has 1 atom stereocenters. The zero-order valence-corrected chi connectivity index (χ0v) is 17.9. The Morgan fingerprint density at radius 3 is 2.57 bits per heavy atom. The molecule has 0 aliphatic carbocycles. The van der Waals surface area contributed by atoms with Crippen LogP contribution in [0.2, 0.25) is 0 Å². The van der Waals surface area contributed by atoms with E-state index in [0.29, 0.717) is 18.3 Å². The fourth-order valence-electron chi connectivity index (χ4n) is 3.42. The van der Waals surface area contributed by atoms with Crippen LogP contribution in [0.4, 0.5) is 0 Å². The van der Waals surface area contributed by atoms with E-state index in [0.717, 1.165) is 22.3 Å². The molecular formula is C22H29N7O. The molecule has 0 saturated carbocycles. The zero-order chi connectivity index (χ0) is 21.9. The lowest BCUT2D eigenvalue weighted by molar-refractivity contribution is 0.329. The predicted molar refractivity (Wildman–Crippen MR) is 120 cm³/mol. The molecule has 2 aromatic rings. The van der Waals surface area contributed by atoms with Crippen LogP contribution in [0, 0.1) is 5.41 Å². The Labute approximate surface area is 177 Å². The third-order valence-corrected chi connectivity index (χ3v) is 4.84. The van der Waals surface area contributed by atoms with Crippen molar-refractivity contribution in [3.63, 3.8) is 0 Å². The zero-order valence-electron chi connectivity index (χ0n) is 17.9. The van der Waals surface area contributed by atoms with Crippen molar-refractivity contribution in [2.24, 2.45) is 21.9 Å². The first-order chi connectivity index (χ1) is 14.2. The first kappa shape index (κ1) is 21.3. The van der Waals surface area contributed by atoms with Crippen LogP contribution in [0.1, 0.15) is 49.5 Å². The number of hydrazine groups is 1. The van der Waals surface area contributed by atoms with Crippen molar-refractivity contribution in [2.45, 2.75) is 26.7 Å². The predicted octanol–water partition coefficient (Wildman–Crippen LogP) is 2.84. The van der Waals surface area contributed by atoms with E-state index in [9.17, 15) is 0 Å². The highest BCUT2D eigenvalue weighted by Gasteiger charge is 2.32. The second kappa shape index (κ2) is 8.54. The maximum atomic E-state index is 5.75. The highest BCUT2D eigenvalue weighted by atomic mass is 16.5. The van der Waals surface area contributed by atoms with Crippen molar-refractivity contribution < 1.29 is 4.52 Å². The second-order valence-corrected chi connectivity index (χ2v) is 8.35. The van der Waals surface area contributed by atoms with Gasteiger partial charge < -0.3 is 21.0 Å². The Hall–Kier alpha value is -3.39. The first-order valence-corrected chi connectivity index (χ1v) is 9.70. The number of rotatable bonds is 6. The van der Waals surface area contributed by atoms with Crippen LogP contribution in [0.25, 0.3) is 11.1 Å². The van der Waals surface area contributed by atoms with Crippen molar-refractivity contribution in [2.75, 3.05) is 13.6 Å². The fourth-order valence-corrected chi connectivity index (χ4v) is 3.42. The minimum Gasteiger partial charge on any atom is -0.404 e. The van der Waals surface area contributed by atoms with E-state index in [-0.39, 0.29) is 17.2 Å². The molecule has 3 rings (SSSR count). The SMILES string of the molecule is C=C(N)/N=C\C(=C/N)c1ccc(C(c2noc(C3=CN(C)NC3)n2)C(C)(C)C)cc1. The minimum absolute atomic E-state index is 0.0421. The highest BCUT2D eigenvalue weighted by molar-refractivity contribution is 6.09. The van der Waals surface area contributed by atoms with Crippen molar-refractivity contribution in [1.82, 2.24) is 20.6 Å². The van der Waals surface area contributed by atoms with Crippen LogP contribution in [0.5, 0.6) is 0 Å². The van der Waals surface area contributed by atoms with Crippen LogP contribution in [-0.2, 0) is 0 Å². The summed E-state index contributed by atoms with van der Waals surface area (Å²) >= 11 is 0. The molecule has 1 aromatic carbocycles. The number of aliphatic imine (C=N–C) groups is 1. The lowest BCUT2D eigenvalue weighted by Crippen LogP contribution is -2.23. The summed E-state index contributed by atoms with van der Waals surface area (Å²) < 4.78 is 5.57. The van der Waals surface area contributed by atoms with Gasteiger partial charge in [-0.1, -0.05) is 56.8 Å². The van der Waals surface area contributed by atoms with Gasteiger partial charge in [-0.25, -0.2) is 10.4 Å². The van der Waals surface area contributed by atoms with Crippen molar-refractivity contribution >= 4 is 17.4 Å². The summed E-state index contributed by atoms with van der Waals surface area (Å²) in [7, 11) is 1.93. The van der Waals surface area contributed by atoms with E-state index in [1.54, 1.807) is 6.21 Å². The summed E-state index contributed by atoms with van der Waals surface area (Å²) in [5.74, 6) is 1.39. The summed E-state index contributed by atoms with van der Waals surface area (Å²) in [5.41, 5.74) is 18.1. The Bertz CT molecular complexity index is 993. The van der Waals surface area contributed by atoms with Gasteiger partial charge in [0.1, 0.15) is 5.82 Å². The number of nitrogens with zero attached hydrogens (tertiary/aromatic N) is 4. The maximum absolute atomic E-state index is 5.75. The number of hydrogen-bond donors (Lipinski definition) is 3. The molecule has 1 aliphatic rings. The number of allylic oxidation sites excluding steroid dienone is 1. The van der Waals surface area contributed by atoms with E-state index in [1.165, 1.54) is 6.20 Å². The van der Waals surface area contributed by atoms with E-state index in [1.807, 2.05) is 30.4 Å². The third kappa shape index (κ3) is 4.77. The Balaban J connectivity index is 1.91. The topological polar surface area (TPSA) is 119 Å². The van der Waals surface area contributed by atoms with Crippen LogP contribution in [0.3, 0.4) is 0 Å². The Morgan fingerprint density at radius 2 is 2.03 bits per heavy atom. The lowest BCUT2D eigenvalue weighted by atomic mass is 9.76. The molecule has 8 heteroatoms. The van der Waals surface area contributed by atoms with Crippen molar-refractivity contribution in [1.29, 1.82) is 0 Å². The molecule has 158 valence electrons. The number of hydrogen-bond acceptors (Lipinski definition) is 8. The lowest BCUT2D eigenvalue weighted by Gasteiger charge is -2.28. The van der Waals surface area contributed by atoms with E-state index in [2.05, 4.69) is 55.1 Å². The summed E-state index contributed by atoms with van der Waals surface area (Å²) in [5, 5.41) is 6.18. The normalized spacial score (nSPS) is 16.2. The van der Waals surface area contributed by atoms with E-state index >= 15 is 0 Å². The van der Waals surface area contributed by atoms with Gasteiger partial charge in [-0.3, -0.25) is 0 Å². The van der Waals surface area contributed by atoms with Gasteiger partial charge in [0.15, 0.2) is 5.82 Å². The quantitative estimate of drug-likeness (QED) is 0.630. The van der Waals surface area contributed by atoms with Crippen LogP contribution in [-0.4, -0.2) is 35.0 Å². The van der Waals surface area contributed by atoms with Crippen molar-refractivity contribution in [3.8, 4) is 0 Å². The number of aromatic nitrogens is 2. The van der Waals surface area contributed by atoms with Gasteiger partial charge in [0.25, 0.3) is 5.89 Å². The van der Waals surface area contributed by atoms with Crippen LogP contribution >= 0.6 is 0 Å². The fraction of sp³-hybridized carbons (Fsp3) is 0.318. The van der Waals surface area contributed by atoms with Gasteiger partial charge in [-0.15, -0.1) is 0 Å². The molecule has 0 spiro atoms. The summed E-state index contributed by atoms with van der Waals surface area (Å²) in [6.45, 7) is 10.7. The van der Waals surface area contributed by atoms with Crippen LogP contribution < -0.4 is 16.9 Å². The number of nitrogens with one attached hydrogen (secondary N) is 1. The molecule has 0 radical (unpaired) electrons. The molecule has 0 fully saturated rings. The molecule has 0 saturated heterocycles. The summed E-state index contributed by atoms with van der Waals surface area (Å²) in [6, 6.07) is 8.11. The molecular weight excluding hydrogens is 378 g/mol. The summed E-state index contributed by atoms with van der Waals surface area (Å²) in [6.07, 6.45) is 5.05. The van der Waals surface area contributed by atoms with Gasteiger partial charge in [-0.05, 0) is 16.5 Å². The number of benzene rings is 1. The Morgan fingerprint density at radius 1 is 1.33 bits per heavy atom. The molecule has 1 aliphatic heterocycles. The molecule has 0 amide bonds. The molecule has 30 heavy (non-hydrogen) atoms. The molecule has 1 aromatic heterocycles. The first-order valence-electron chi connectivity index (χ1n) is 9.70. The molecule has 2 heterocycles. The molecule has 0 bridgehead atoms. The molecule has 5 N–H and O–H groups in total. The highest BCUT2D eigenvalue weighted by Crippen LogP contribution is 2.39. The average Bonchev–Trinajstić information content (AvgIpc) is 3.31. The average molecular weight is 408 g/mol. The molecule has 1 unspecified atom stereocenters. The Kier molecular flexibility index (Phi) is 6.07. The van der Waals surface area contributed by atoms with Gasteiger partial charge in [0.2, 0.25) is 0 Å². The van der Waals surface area contributed by atoms with Crippen molar-refractivity contribution in [3.05, 3.63) is 71.9 Å². The van der Waals surface area contributed by atoms with E-state index < -0.39 is 0 Å². The summed E-state index contributed by atoms with van der Waals surface area (Å²) in [4.78, 5) is 8.73. The van der Waals surface area contributed by atoms with E-state index in [4.69, 9.17) is 21.0 Å². The maximum Gasteiger partial charge on any atom is 0.256 e. The largest absolute Gasteiger partial charge is 0.404 e. The monoisotopic (exact) mass is 407 g/mol. The third-order valence-electron chi connectivity index (χ3n) is 4.84. The smallest absolute Gasteiger partial charge is 0.256 e. The van der Waals surface area contributed by atoms with Gasteiger partial charge in [0, 0.05) is 37.8 Å². The molecule has 8 nitrogen and oxygen atoms in total. The van der Waals surface area contributed by atoms with Crippen LogP contribution in [0.15, 0.2) is 58.6 Å². The standard InChI is InChI=1S/C22H29N7O/c1-14(24)25-11-17(10-23)15-6-8-16(9-7-15)19(22(2,3)4)20-27-21(30-28-20)18-12-26-29(5)13-18/h6-11,13,19,26H,1,12,23-24H2,2-5H3/b17-10+,25-11-. The van der Waals surface area contributed by atoms with Gasteiger partial charge >= 0.3 is 0 Å². The number of nitrogens with two attached hydrogens (primary N) is 2. The van der Waals surface area contributed by atoms with Gasteiger partial charge in [-0.2, -0.15) is 4.98 Å². The minimum atomic E-state index is -0.118.